The molecule has 8 heteroatoms. The first-order valence-electron chi connectivity index (χ1n) is 9.23. The summed E-state index contributed by atoms with van der Waals surface area (Å²) in [5, 5.41) is 2.22. The molecule has 0 fully saturated rings. The molecule has 0 saturated heterocycles. The lowest BCUT2D eigenvalue weighted by molar-refractivity contribution is -0.133. The third kappa shape index (κ3) is 5.08. The number of nitrogens with one attached hydrogen (secondary N) is 3. The fraction of sp³-hybridized carbons (Fsp3) is 0.286. The van der Waals surface area contributed by atoms with Crippen LogP contribution in [-0.2, 0) is 14.4 Å². The molecule has 3 rings (SSSR count). The number of hydrogen-bond acceptors (Lipinski definition) is 5. The quantitative estimate of drug-likeness (QED) is 0.655. The van der Waals surface area contributed by atoms with Gasteiger partial charge in [0.1, 0.15) is 5.75 Å². The van der Waals surface area contributed by atoms with Crippen LogP contribution in [0.2, 0.25) is 0 Å². The minimum atomic E-state index is -0.796. The number of benzene rings is 2. The first kappa shape index (κ1) is 20.7. The van der Waals surface area contributed by atoms with Gasteiger partial charge in [-0.25, -0.2) is 0 Å². The molecule has 29 heavy (non-hydrogen) atoms. The van der Waals surface area contributed by atoms with Crippen LogP contribution in [0.3, 0.4) is 0 Å². The molecule has 2 aromatic carbocycles. The highest BCUT2D eigenvalue weighted by molar-refractivity contribution is 8.01. The van der Waals surface area contributed by atoms with Crippen LogP contribution in [-0.4, -0.2) is 29.1 Å². The van der Waals surface area contributed by atoms with Crippen molar-refractivity contribution in [2.75, 3.05) is 5.32 Å². The van der Waals surface area contributed by atoms with Gasteiger partial charge < -0.3 is 10.1 Å². The second-order valence-electron chi connectivity index (χ2n) is 6.79. The molecule has 3 amide bonds. The number of amides is 3. The van der Waals surface area contributed by atoms with Crippen molar-refractivity contribution in [3.05, 3.63) is 53.6 Å². The van der Waals surface area contributed by atoms with Gasteiger partial charge in [-0.05, 0) is 50.1 Å². The van der Waals surface area contributed by atoms with Crippen LogP contribution in [0.4, 0.5) is 5.69 Å². The van der Waals surface area contributed by atoms with Crippen molar-refractivity contribution >= 4 is 35.2 Å². The molecule has 0 aliphatic carbocycles. The van der Waals surface area contributed by atoms with E-state index in [-0.39, 0.29) is 12.3 Å². The summed E-state index contributed by atoms with van der Waals surface area (Å²) in [6, 6.07) is 13.0. The van der Waals surface area contributed by atoms with Gasteiger partial charge in [-0.15, -0.1) is 11.8 Å². The molecule has 3 N–H and O–H groups in total. The molecule has 1 heterocycles. The van der Waals surface area contributed by atoms with E-state index in [1.54, 1.807) is 13.0 Å². The van der Waals surface area contributed by atoms with E-state index in [0.717, 1.165) is 21.7 Å². The highest BCUT2D eigenvalue weighted by Crippen LogP contribution is 2.36. The summed E-state index contributed by atoms with van der Waals surface area (Å²) in [7, 11) is 0. The Bertz CT molecular complexity index is 947. The van der Waals surface area contributed by atoms with Gasteiger partial charge in [-0.1, -0.05) is 24.3 Å². The molecule has 0 bridgehead atoms. The van der Waals surface area contributed by atoms with Crippen molar-refractivity contribution in [2.24, 2.45) is 0 Å². The Morgan fingerprint density at radius 3 is 2.69 bits per heavy atom. The number of thioether (sulfide) groups is 1. The van der Waals surface area contributed by atoms with Gasteiger partial charge >= 0.3 is 0 Å². The highest BCUT2D eigenvalue weighted by atomic mass is 32.2. The third-order valence-electron chi connectivity index (χ3n) is 4.63. The minimum Gasteiger partial charge on any atom is -0.481 e. The van der Waals surface area contributed by atoms with Gasteiger partial charge in [0.25, 0.3) is 5.91 Å². The number of hydrazine groups is 1. The van der Waals surface area contributed by atoms with E-state index in [1.165, 1.54) is 11.8 Å². The van der Waals surface area contributed by atoms with E-state index < -0.39 is 23.2 Å². The predicted octanol–water partition coefficient (Wildman–Crippen LogP) is 2.72. The van der Waals surface area contributed by atoms with Crippen molar-refractivity contribution in [3.8, 4) is 5.75 Å². The number of fused-ring (bicyclic) bond motifs is 1. The maximum Gasteiger partial charge on any atom is 0.279 e. The molecule has 2 atom stereocenters. The molecule has 1 aliphatic heterocycles. The van der Waals surface area contributed by atoms with Gasteiger partial charge in [0.15, 0.2) is 6.10 Å². The normalized spacial score (nSPS) is 16.2. The molecule has 7 nitrogen and oxygen atoms in total. The Balaban J connectivity index is 1.49. The van der Waals surface area contributed by atoms with E-state index in [1.807, 2.05) is 50.2 Å². The van der Waals surface area contributed by atoms with Crippen LogP contribution < -0.4 is 20.9 Å². The minimum absolute atomic E-state index is 0.0582. The Hall–Kier alpha value is -3.00. The topological polar surface area (TPSA) is 96.5 Å². The van der Waals surface area contributed by atoms with E-state index in [9.17, 15) is 14.4 Å². The summed E-state index contributed by atoms with van der Waals surface area (Å²) in [6.07, 6.45) is -0.854. The lowest BCUT2D eigenvalue weighted by Crippen LogP contribution is -2.48. The smallest absolute Gasteiger partial charge is 0.279 e. The molecule has 0 spiro atoms. The fourth-order valence-electron chi connectivity index (χ4n) is 2.78. The zero-order valence-electron chi connectivity index (χ0n) is 16.4. The first-order chi connectivity index (χ1) is 13.8. The van der Waals surface area contributed by atoms with Gasteiger partial charge in [0.05, 0.1) is 10.9 Å². The number of carbonyl (C=O) groups excluding carboxylic acids is 3. The second-order valence-corrected chi connectivity index (χ2v) is 8.04. The lowest BCUT2D eigenvalue weighted by Gasteiger charge is -2.23. The van der Waals surface area contributed by atoms with Gasteiger partial charge in [-0.3, -0.25) is 25.2 Å². The van der Waals surface area contributed by atoms with Gasteiger partial charge in [-0.2, -0.15) is 0 Å². The maximum absolute atomic E-state index is 12.2. The monoisotopic (exact) mass is 413 g/mol. The molecule has 1 aliphatic rings. The average molecular weight is 413 g/mol. The summed E-state index contributed by atoms with van der Waals surface area (Å²) >= 11 is 1.33. The van der Waals surface area contributed by atoms with E-state index in [0.29, 0.717) is 5.75 Å². The van der Waals surface area contributed by atoms with Crippen LogP contribution in [0.5, 0.6) is 5.75 Å². The highest BCUT2D eigenvalue weighted by Gasteiger charge is 2.29. The van der Waals surface area contributed by atoms with Crippen LogP contribution in [0.25, 0.3) is 0 Å². The molecule has 0 radical (unpaired) electrons. The predicted molar refractivity (Wildman–Crippen MR) is 112 cm³/mol. The maximum atomic E-state index is 12.2. The van der Waals surface area contributed by atoms with Crippen molar-refractivity contribution in [3.63, 3.8) is 0 Å². The summed E-state index contributed by atoms with van der Waals surface area (Å²) in [5.41, 5.74) is 7.47. The van der Waals surface area contributed by atoms with E-state index in [2.05, 4.69) is 16.2 Å². The van der Waals surface area contributed by atoms with Crippen molar-refractivity contribution in [1.29, 1.82) is 0 Å². The molecule has 0 unspecified atom stereocenters. The van der Waals surface area contributed by atoms with Crippen molar-refractivity contribution in [2.45, 2.75) is 43.4 Å². The van der Waals surface area contributed by atoms with Crippen LogP contribution in [0.15, 0.2) is 47.4 Å². The summed E-state index contributed by atoms with van der Waals surface area (Å²) in [6.45, 7) is 5.48. The van der Waals surface area contributed by atoms with Crippen molar-refractivity contribution in [1.82, 2.24) is 10.9 Å². The summed E-state index contributed by atoms with van der Waals surface area (Å²) in [4.78, 5) is 37.5. The van der Waals surface area contributed by atoms with Crippen LogP contribution >= 0.6 is 11.8 Å². The standard InChI is InChI=1S/C21H23N3O4S/c1-12-7-6-9-16(13(12)2)28-14(3)20(26)24-23-19(25)11-18-21(27)22-15-8-4-5-10-17(15)29-18/h4-10,14,18H,11H2,1-3H3,(H,22,27)(H,23,25)(H,24,26)/t14-,18-/m1/s1. The number of hydrogen-bond donors (Lipinski definition) is 3. The average Bonchev–Trinajstić information content (AvgIpc) is 2.70. The first-order valence-corrected chi connectivity index (χ1v) is 10.1. The van der Waals surface area contributed by atoms with E-state index in [4.69, 9.17) is 4.74 Å². The zero-order valence-corrected chi connectivity index (χ0v) is 17.3. The Morgan fingerprint density at radius 2 is 1.90 bits per heavy atom. The van der Waals surface area contributed by atoms with Crippen LogP contribution in [0.1, 0.15) is 24.5 Å². The number of para-hydroxylation sites is 1. The molecular formula is C21H23N3O4S. The Kier molecular flexibility index (Phi) is 6.43. The third-order valence-corrected chi connectivity index (χ3v) is 5.91. The molecular weight excluding hydrogens is 390 g/mol. The SMILES string of the molecule is Cc1cccc(O[C@H](C)C(=O)NNC(=O)C[C@H]2Sc3ccccc3NC2=O)c1C. The number of rotatable bonds is 5. The van der Waals surface area contributed by atoms with Gasteiger partial charge in [0.2, 0.25) is 11.8 Å². The van der Waals surface area contributed by atoms with Crippen molar-refractivity contribution < 1.29 is 19.1 Å². The lowest BCUT2D eigenvalue weighted by atomic mass is 10.1. The molecule has 152 valence electrons. The Morgan fingerprint density at radius 1 is 1.14 bits per heavy atom. The molecule has 0 aromatic heterocycles. The fourth-order valence-corrected chi connectivity index (χ4v) is 3.89. The van der Waals surface area contributed by atoms with E-state index >= 15 is 0 Å². The Labute approximate surface area is 173 Å². The van der Waals surface area contributed by atoms with Crippen LogP contribution in [0, 0.1) is 13.8 Å². The summed E-state index contributed by atoms with van der Waals surface area (Å²) < 4.78 is 5.69. The number of anilines is 1. The largest absolute Gasteiger partial charge is 0.481 e. The molecule has 0 saturated carbocycles. The molecule has 2 aromatic rings. The summed E-state index contributed by atoms with van der Waals surface area (Å²) in [5.74, 6) is -0.551. The number of aryl methyl sites for hydroxylation is 1. The van der Waals surface area contributed by atoms with Gasteiger partial charge in [0, 0.05) is 11.3 Å². The zero-order chi connectivity index (χ0) is 21.0. The number of ether oxygens (including phenoxy) is 1. The number of carbonyl (C=O) groups is 3. The second kappa shape index (κ2) is 9.00.